The Hall–Kier alpha value is -1.33. The highest BCUT2D eigenvalue weighted by Crippen LogP contribution is 2.37. The Balaban J connectivity index is 2.02. The van der Waals surface area contributed by atoms with Gasteiger partial charge in [0.15, 0.2) is 0 Å². The molecule has 19 heavy (non-hydrogen) atoms. The van der Waals surface area contributed by atoms with Crippen molar-refractivity contribution in [3.8, 4) is 0 Å². The first-order chi connectivity index (χ1) is 8.82. The van der Waals surface area contributed by atoms with Crippen LogP contribution in [-0.2, 0) is 15.9 Å². The first-order valence-electron chi connectivity index (χ1n) is 6.57. The van der Waals surface area contributed by atoms with Gasteiger partial charge in [0, 0.05) is 12.1 Å². The number of nitrogens with one attached hydrogen (secondary N) is 1. The van der Waals surface area contributed by atoms with Crippen LogP contribution in [0.15, 0.2) is 18.2 Å². The largest absolute Gasteiger partial charge is 0.495 e. The molecule has 0 aliphatic carbocycles. The summed E-state index contributed by atoms with van der Waals surface area (Å²) in [5, 5.41) is 2.84. The van der Waals surface area contributed by atoms with Crippen molar-refractivity contribution >= 4 is 18.5 Å². The van der Waals surface area contributed by atoms with E-state index in [0.717, 1.165) is 11.0 Å². The van der Waals surface area contributed by atoms with Crippen LogP contribution >= 0.6 is 0 Å². The maximum Gasteiger partial charge on any atom is 0.495 e. The van der Waals surface area contributed by atoms with Crippen molar-refractivity contribution in [3.05, 3.63) is 29.3 Å². The van der Waals surface area contributed by atoms with Crippen LogP contribution in [0.3, 0.4) is 0 Å². The minimum atomic E-state index is -0.483. The summed E-state index contributed by atoms with van der Waals surface area (Å²) in [6.45, 7) is 8.63. The summed E-state index contributed by atoms with van der Waals surface area (Å²) in [6, 6.07) is 5.81. The second-order valence-electron chi connectivity index (χ2n) is 6.15. The third-order valence-electron chi connectivity index (χ3n) is 4.36. The molecule has 1 saturated heterocycles. The minimum Gasteiger partial charge on any atom is -0.399 e. The SMILES string of the molecule is CC1(C)OB(c2cccc3c2C(=O)NC3)OC1(C)C. The smallest absolute Gasteiger partial charge is 0.399 e. The van der Waals surface area contributed by atoms with Gasteiger partial charge in [-0.2, -0.15) is 0 Å². The molecule has 5 heteroatoms. The summed E-state index contributed by atoms with van der Waals surface area (Å²) < 4.78 is 12.0. The molecule has 0 radical (unpaired) electrons. The van der Waals surface area contributed by atoms with Gasteiger partial charge in [0.2, 0.25) is 0 Å². The molecule has 0 aromatic heterocycles. The van der Waals surface area contributed by atoms with E-state index in [0.29, 0.717) is 12.1 Å². The number of carbonyl (C=O) groups excluding carboxylic acids is 1. The van der Waals surface area contributed by atoms with Crippen molar-refractivity contribution in [2.75, 3.05) is 0 Å². The van der Waals surface area contributed by atoms with Crippen LogP contribution in [0.5, 0.6) is 0 Å². The van der Waals surface area contributed by atoms with Crippen molar-refractivity contribution in [1.82, 2.24) is 5.32 Å². The van der Waals surface area contributed by atoms with Crippen LogP contribution in [0.2, 0.25) is 0 Å². The summed E-state index contributed by atoms with van der Waals surface area (Å²) in [7, 11) is -0.483. The maximum absolute atomic E-state index is 11.9. The zero-order chi connectivity index (χ0) is 13.8. The van der Waals surface area contributed by atoms with Gasteiger partial charge in [0.25, 0.3) is 5.91 Å². The molecule has 1 aromatic rings. The number of hydrogen-bond donors (Lipinski definition) is 1. The molecule has 2 heterocycles. The lowest BCUT2D eigenvalue weighted by atomic mass is 9.75. The Morgan fingerprint density at radius 3 is 2.42 bits per heavy atom. The molecule has 4 nitrogen and oxygen atoms in total. The van der Waals surface area contributed by atoms with Crippen molar-refractivity contribution < 1.29 is 14.1 Å². The summed E-state index contributed by atoms with van der Waals surface area (Å²) >= 11 is 0. The summed E-state index contributed by atoms with van der Waals surface area (Å²) in [4.78, 5) is 11.9. The predicted molar refractivity (Wildman–Crippen MR) is 73.3 cm³/mol. The average Bonchev–Trinajstić information content (AvgIpc) is 2.78. The van der Waals surface area contributed by atoms with E-state index in [9.17, 15) is 4.79 Å². The Kier molecular flexibility index (Phi) is 2.56. The molecule has 1 aromatic carbocycles. The normalized spacial score (nSPS) is 23.4. The molecule has 0 unspecified atom stereocenters. The quantitative estimate of drug-likeness (QED) is 0.771. The predicted octanol–water partition coefficient (Wildman–Crippen LogP) is 1.23. The van der Waals surface area contributed by atoms with E-state index in [2.05, 4.69) is 5.32 Å². The molecule has 1 fully saturated rings. The van der Waals surface area contributed by atoms with Gasteiger partial charge < -0.3 is 14.6 Å². The second-order valence-corrected chi connectivity index (χ2v) is 6.15. The summed E-state index contributed by atoms with van der Waals surface area (Å²) in [5.41, 5.74) is 1.76. The number of amides is 1. The number of carbonyl (C=O) groups is 1. The van der Waals surface area contributed by atoms with E-state index in [1.807, 2.05) is 45.9 Å². The Labute approximate surface area is 113 Å². The van der Waals surface area contributed by atoms with Gasteiger partial charge in [-0.3, -0.25) is 4.79 Å². The lowest BCUT2D eigenvalue weighted by molar-refractivity contribution is 0.00578. The fourth-order valence-electron chi connectivity index (χ4n) is 2.47. The van der Waals surface area contributed by atoms with Gasteiger partial charge in [-0.15, -0.1) is 0 Å². The highest BCUT2D eigenvalue weighted by Gasteiger charge is 2.52. The van der Waals surface area contributed by atoms with Crippen LogP contribution in [0.1, 0.15) is 43.6 Å². The van der Waals surface area contributed by atoms with Crippen molar-refractivity contribution in [2.45, 2.75) is 45.4 Å². The van der Waals surface area contributed by atoms with E-state index in [1.165, 1.54) is 0 Å². The zero-order valence-electron chi connectivity index (χ0n) is 11.7. The molecule has 1 N–H and O–H groups in total. The molecular weight excluding hydrogens is 241 g/mol. The Morgan fingerprint density at radius 2 is 1.79 bits per heavy atom. The molecular formula is C14H18BNO3. The minimum absolute atomic E-state index is 0.0414. The number of rotatable bonds is 1. The molecule has 2 aliphatic heterocycles. The van der Waals surface area contributed by atoms with E-state index >= 15 is 0 Å². The molecule has 0 spiro atoms. The van der Waals surface area contributed by atoms with E-state index in [1.54, 1.807) is 0 Å². The van der Waals surface area contributed by atoms with E-state index in [-0.39, 0.29) is 5.91 Å². The highest BCUT2D eigenvalue weighted by atomic mass is 16.7. The van der Waals surface area contributed by atoms with Crippen LogP contribution in [-0.4, -0.2) is 24.2 Å². The van der Waals surface area contributed by atoms with Crippen molar-refractivity contribution in [1.29, 1.82) is 0 Å². The lowest BCUT2D eigenvalue weighted by Gasteiger charge is -2.32. The number of hydrogen-bond acceptors (Lipinski definition) is 3. The van der Waals surface area contributed by atoms with Gasteiger partial charge in [-0.25, -0.2) is 0 Å². The molecule has 2 aliphatic rings. The first-order valence-corrected chi connectivity index (χ1v) is 6.57. The van der Waals surface area contributed by atoms with Crippen molar-refractivity contribution in [2.24, 2.45) is 0 Å². The third kappa shape index (κ3) is 1.80. The summed E-state index contributed by atoms with van der Waals surface area (Å²) in [6.07, 6.45) is 0. The fraction of sp³-hybridized carbons (Fsp3) is 0.500. The zero-order valence-corrected chi connectivity index (χ0v) is 11.7. The molecule has 1 amide bonds. The summed E-state index contributed by atoms with van der Waals surface area (Å²) in [5.74, 6) is -0.0414. The molecule has 0 saturated carbocycles. The molecule has 0 atom stereocenters. The van der Waals surface area contributed by atoms with Gasteiger partial charge in [0.1, 0.15) is 0 Å². The topological polar surface area (TPSA) is 47.6 Å². The van der Waals surface area contributed by atoms with Gasteiger partial charge in [-0.05, 0) is 38.7 Å². The van der Waals surface area contributed by atoms with E-state index in [4.69, 9.17) is 9.31 Å². The monoisotopic (exact) mass is 259 g/mol. The van der Waals surface area contributed by atoms with Crippen LogP contribution in [0.25, 0.3) is 0 Å². The number of fused-ring (bicyclic) bond motifs is 1. The van der Waals surface area contributed by atoms with Crippen molar-refractivity contribution in [3.63, 3.8) is 0 Å². The first kappa shape index (κ1) is 12.7. The van der Waals surface area contributed by atoms with Crippen LogP contribution in [0, 0.1) is 0 Å². The standard InChI is InChI=1S/C14H18BNO3/c1-13(2)14(3,4)19-15(18-13)10-7-5-6-9-8-16-12(17)11(9)10/h5-7H,8H2,1-4H3,(H,16,17). The van der Waals surface area contributed by atoms with E-state index < -0.39 is 18.3 Å². The highest BCUT2D eigenvalue weighted by molar-refractivity contribution is 6.63. The molecule has 0 bridgehead atoms. The van der Waals surface area contributed by atoms with Crippen LogP contribution in [0.4, 0.5) is 0 Å². The molecule has 3 rings (SSSR count). The lowest BCUT2D eigenvalue weighted by Crippen LogP contribution is -2.41. The van der Waals surface area contributed by atoms with Crippen LogP contribution < -0.4 is 10.8 Å². The second kappa shape index (κ2) is 3.84. The fourth-order valence-corrected chi connectivity index (χ4v) is 2.47. The number of benzene rings is 1. The van der Waals surface area contributed by atoms with Gasteiger partial charge in [0.05, 0.1) is 11.2 Å². The Bertz CT molecular complexity index is 538. The van der Waals surface area contributed by atoms with Gasteiger partial charge >= 0.3 is 7.12 Å². The molecule has 100 valence electrons. The third-order valence-corrected chi connectivity index (χ3v) is 4.36. The average molecular weight is 259 g/mol. The maximum atomic E-state index is 11.9. The Morgan fingerprint density at radius 1 is 1.16 bits per heavy atom. The van der Waals surface area contributed by atoms with Gasteiger partial charge in [-0.1, -0.05) is 18.2 Å².